The fourth-order valence-corrected chi connectivity index (χ4v) is 7.31. The van der Waals surface area contributed by atoms with Crippen molar-refractivity contribution in [1.29, 1.82) is 0 Å². The highest BCUT2D eigenvalue weighted by Crippen LogP contribution is 2.65. The maximum absolute atomic E-state index is 13.1. The van der Waals surface area contributed by atoms with Crippen molar-refractivity contribution in [2.45, 2.75) is 58.4 Å². The number of nitrogens with zero attached hydrogens (tertiary/aromatic N) is 2. The molecule has 2 heterocycles. The van der Waals surface area contributed by atoms with E-state index in [4.69, 9.17) is 0 Å². The average Bonchev–Trinajstić information content (AvgIpc) is 3.29. The molecular weight excluding hydrogens is 338 g/mol. The van der Waals surface area contributed by atoms with E-state index in [2.05, 4.69) is 30.2 Å². The van der Waals surface area contributed by atoms with E-state index in [-0.39, 0.29) is 34.6 Å². The summed E-state index contributed by atoms with van der Waals surface area (Å²) in [6.45, 7) is 4.71. The van der Waals surface area contributed by atoms with Crippen LogP contribution in [0.25, 0.3) is 0 Å². The molecule has 0 saturated heterocycles. The van der Waals surface area contributed by atoms with Gasteiger partial charge in [0, 0.05) is 29.8 Å². The maximum Gasteiger partial charge on any atom is 0.243 e. The molecule has 0 radical (unpaired) electrons. The molecule has 0 bridgehead atoms. The molecule has 0 spiro atoms. The van der Waals surface area contributed by atoms with Crippen molar-refractivity contribution in [1.82, 2.24) is 14.9 Å². The Hall–Kier alpha value is -1.91. The van der Waals surface area contributed by atoms with Gasteiger partial charge in [0.25, 0.3) is 0 Å². The van der Waals surface area contributed by atoms with Gasteiger partial charge in [0.2, 0.25) is 11.8 Å². The van der Waals surface area contributed by atoms with Gasteiger partial charge < -0.3 is 5.32 Å². The first-order valence-corrected chi connectivity index (χ1v) is 10.5. The molecule has 0 aromatic carbocycles. The largest absolute Gasteiger partial charge is 0.349 e. The Bertz CT molecular complexity index is 800. The molecule has 5 heteroatoms. The van der Waals surface area contributed by atoms with Crippen LogP contribution in [0.15, 0.2) is 30.9 Å². The zero-order valence-electron chi connectivity index (χ0n) is 16.2. The summed E-state index contributed by atoms with van der Waals surface area (Å²) < 4.78 is 1.68. The lowest BCUT2D eigenvalue weighted by molar-refractivity contribution is -0.122. The number of hydrogen-bond donors (Lipinski definition) is 1. The Balaban J connectivity index is 1.44. The van der Waals surface area contributed by atoms with Crippen LogP contribution in [0.2, 0.25) is 0 Å². The Morgan fingerprint density at radius 2 is 2.04 bits per heavy atom. The molecule has 5 rings (SSSR count). The summed E-state index contributed by atoms with van der Waals surface area (Å²) in [5.74, 6) is 2.25. The molecule has 3 fully saturated rings. The molecular formula is C22H29N3O2. The Morgan fingerprint density at radius 3 is 2.81 bits per heavy atom. The summed E-state index contributed by atoms with van der Waals surface area (Å²) in [7, 11) is 0. The van der Waals surface area contributed by atoms with Crippen LogP contribution in [0.4, 0.5) is 0 Å². The lowest BCUT2D eigenvalue weighted by atomic mass is 9.48. The van der Waals surface area contributed by atoms with Crippen molar-refractivity contribution in [3.8, 4) is 0 Å². The minimum Gasteiger partial charge on any atom is -0.349 e. The van der Waals surface area contributed by atoms with Crippen LogP contribution in [0, 0.1) is 34.5 Å². The van der Waals surface area contributed by atoms with Crippen LogP contribution in [0.5, 0.6) is 0 Å². The van der Waals surface area contributed by atoms with Crippen molar-refractivity contribution in [3.63, 3.8) is 0 Å². The quantitative estimate of drug-likeness (QED) is 0.827. The van der Waals surface area contributed by atoms with E-state index in [9.17, 15) is 9.59 Å². The summed E-state index contributed by atoms with van der Waals surface area (Å²) in [5.41, 5.74) is 0.151. The van der Waals surface area contributed by atoms with Gasteiger partial charge in [-0.3, -0.25) is 14.2 Å². The summed E-state index contributed by atoms with van der Waals surface area (Å²) in [5, 5.41) is 3.22. The molecule has 4 aliphatic rings. The number of imidazole rings is 1. The molecule has 3 aliphatic carbocycles. The standard InChI is InChI=1S/C22H29N3O2/c1-21-9-7-16-14(3-6-18-22(16,2)10-8-19(26)24-18)15(21)4-5-17(21)20(27)25-12-11-23-13-25/h8,10-18H,3-7,9H2,1-2H3,(H,24,26)/t14-,15-,16-,17+,18+,21-,22+/m0/s1. The van der Waals surface area contributed by atoms with Gasteiger partial charge in [0.1, 0.15) is 6.33 Å². The van der Waals surface area contributed by atoms with Gasteiger partial charge in [-0.2, -0.15) is 0 Å². The fourth-order valence-electron chi connectivity index (χ4n) is 7.31. The van der Waals surface area contributed by atoms with Crippen molar-refractivity contribution in [3.05, 3.63) is 30.9 Å². The molecule has 1 amide bonds. The van der Waals surface area contributed by atoms with Gasteiger partial charge >= 0.3 is 0 Å². The third-order valence-electron chi connectivity index (χ3n) is 8.74. The zero-order chi connectivity index (χ0) is 18.8. The van der Waals surface area contributed by atoms with Crippen LogP contribution < -0.4 is 5.32 Å². The van der Waals surface area contributed by atoms with Gasteiger partial charge in [-0.1, -0.05) is 19.9 Å². The van der Waals surface area contributed by atoms with Crippen molar-refractivity contribution in [2.24, 2.45) is 34.5 Å². The molecule has 7 atom stereocenters. The van der Waals surface area contributed by atoms with Gasteiger partial charge in [-0.25, -0.2) is 4.98 Å². The third kappa shape index (κ3) is 2.33. The Labute approximate surface area is 160 Å². The second kappa shape index (κ2) is 5.79. The first kappa shape index (κ1) is 17.2. The topological polar surface area (TPSA) is 64.0 Å². The van der Waals surface area contributed by atoms with Crippen LogP contribution in [-0.2, 0) is 4.79 Å². The molecule has 1 aromatic rings. The lowest BCUT2D eigenvalue weighted by Crippen LogP contribution is -2.59. The average molecular weight is 367 g/mol. The van der Waals surface area contributed by atoms with E-state index in [1.54, 1.807) is 29.4 Å². The van der Waals surface area contributed by atoms with Gasteiger partial charge in [0.15, 0.2) is 0 Å². The van der Waals surface area contributed by atoms with E-state index in [1.165, 1.54) is 6.42 Å². The number of fused-ring (bicyclic) bond motifs is 5. The molecule has 0 unspecified atom stereocenters. The monoisotopic (exact) mass is 367 g/mol. The van der Waals surface area contributed by atoms with Crippen molar-refractivity contribution < 1.29 is 9.59 Å². The summed E-state index contributed by atoms with van der Waals surface area (Å²) in [4.78, 5) is 29.0. The SMILES string of the molecule is C[C@]12C=CC(=O)N[C@@H]1CC[C@@H]1[C@@H]2CC[C@]2(C)[C@@H](C(=O)n3ccnc3)CC[C@@H]12. The number of carbonyl (C=O) groups is 2. The normalized spacial score (nSPS) is 45.6. The molecule has 5 nitrogen and oxygen atoms in total. The number of amides is 1. The van der Waals surface area contributed by atoms with Crippen molar-refractivity contribution in [2.75, 3.05) is 0 Å². The second-order valence-corrected chi connectivity index (χ2v) is 9.70. The highest BCUT2D eigenvalue weighted by Gasteiger charge is 2.60. The van der Waals surface area contributed by atoms with Crippen LogP contribution >= 0.6 is 0 Å². The molecule has 27 heavy (non-hydrogen) atoms. The minimum absolute atomic E-state index is 0.0587. The van der Waals surface area contributed by atoms with Crippen LogP contribution in [0.3, 0.4) is 0 Å². The Kier molecular flexibility index (Phi) is 3.69. The van der Waals surface area contributed by atoms with Crippen LogP contribution in [-0.4, -0.2) is 27.4 Å². The highest BCUT2D eigenvalue weighted by molar-refractivity contribution is 5.89. The first-order chi connectivity index (χ1) is 12.9. The van der Waals surface area contributed by atoms with E-state index in [1.807, 2.05) is 0 Å². The number of nitrogens with one attached hydrogen (secondary N) is 1. The third-order valence-corrected chi connectivity index (χ3v) is 8.74. The number of hydrogen-bond acceptors (Lipinski definition) is 3. The Morgan fingerprint density at radius 1 is 1.19 bits per heavy atom. The highest BCUT2D eigenvalue weighted by atomic mass is 16.2. The second-order valence-electron chi connectivity index (χ2n) is 9.70. The molecule has 3 saturated carbocycles. The van der Waals surface area contributed by atoms with Gasteiger partial charge in [-0.15, -0.1) is 0 Å². The van der Waals surface area contributed by atoms with Gasteiger partial charge in [-0.05, 0) is 67.8 Å². The summed E-state index contributed by atoms with van der Waals surface area (Å²) >= 11 is 0. The van der Waals surface area contributed by atoms with E-state index >= 15 is 0 Å². The first-order valence-electron chi connectivity index (χ1n) is 10.5. The number of aromatic nitrogens is 2. The van der Waals surface area contributed by atoms with E-state index in [0.29, 0.717) is 17.8 Å². The maximum atomic E-state index is 13.1. The summed E-state index contributed by atoms with van der Waals surface area (Å²) in [6, 6.07) is 0.269. The predicted octanol–water partition coefficient (Wildman–Crippen LogP) is 3.44. The zero-order valence-corrected chi connectivity index (χ0v) is 16.2. The number of carbonyl (C=O) groups excluding carboxylic acids is 2. The van der Waals surface area contributed by atoms with E-state index in [0.717, 1.165) is 32.1 Å². The smallest absolute Gasteiger partial charge is 0.243 e. The minimum atomic E-state index is 0.0587. The molecule has 1 aromatic heterocycles. The molecule has 144 valence electrons. The molecule has 1 N–H and O–H groups in total. The molecule has 1 aliphatic heterocycles. The fraction of sp³-hybridized carbons (Fsp3) is 0.682. The predicted molar refractivity (Wildman–Crippen MR) is 102 cm³/mol. The summed E-state index contributed by atoms with van der Waals surface area (Å²) in [6.07, 6.45) is 15.7. The lowest BCUT2D eigenvalue weighted by Gasteiger charge is -2.58. The van der Waals surface area contributed by atoms with E-state index < -0.39 is 0 Å². The van der Waals surface area contributed by atoms with Crippen molar-refractivity contribution >= 4 is 11.8 Å². The van der Waals surface area contributed by atoms with Gasteiger partial charge in [0.05, 0.1) is 0 Å². The van der Waals surface area contributed by atoms with Crippen LogP contribution in [0.1, 0.15) is 57.2 Å². The number of rotatable bonds is 1.